The summed E-state index contributed by atoms with van der Waals surface area (Å²) in [6.45, 7) is 22.2. The number of nitrogens with zero attached hydrogens (tertiary/aromatic N) is 1. The normalized spacial score (nSPS) is 14.2. The van der Waals surface area contributed by atoms with Crippen LogP contribution in [0.4, 0.5) is 5.69 Å². The number of ether oxygens (including phenoxy) is 2. The number of hydrogen-bond donors (Lipinski definition) is 0. The van der Waals surface area contributed by atoms with Crippen molar-refractivity contribution in [2.75, 3.05) is 11.5 Å². The first-order valence-corrected chi connectivity index (χ1v) is 13.1. The van der Waals surface area contributed by atoms with Crippen molar-refractivity contribution in [3.8, 4) is 0 Å². The molecule has 0 bridgehead atoms. The van der Waals surface area contributed by atoms with Crippen molar-refractivity contribution in [3.05, 3.63) is 152 Å². The van der Waals surface area contributed by atoms with Crippen LogP contribution in [-0.2, 0) is 9.47 Å². The number of anilines is 1. The summed E-state index contributed by atoms with van der Waals surface area (Å²) in [4.78, 5) is 2.30. The summed E-state index contributed by atoms with van der Waals surface area (Å²) in [6.07, 6.45) is 27.1. The van der Waals surface area contributed by atoms with E-state index in [0.29, 0.717) is 18.1 Å². The SMILES string of the molecule is C=C/C=C(\C=C/CO/C(C=C)=C/C=C(\C)N(c1cccc(C)c1)C(C)/C=C\C=C/C)O/C(C)=C/CCC=C. The monoisotopic (exact) mass is 511 g/mol. The van der Waals surface area contributed by atoms with Crippen LogP contribution in [0, 0.1) is 6.92 Å². The molecule has 1 aromatic rings. The van der Waals surface area contributed by atoms with Crippen LogP contribution in [0.2, 0.25) is 0 Å². The molecule has 3 nitrogen and oxygen atoms in total. The smallest absolute Gasteiger partial charge is 0.126 e. The van der Waals surface area contributed by atoms with E-state index in [0.717, 1.165) is 30.0 Å². The van der Waals surface area contributed by atoms with Gasteiger partial charge >= 0.3 is 0 Å². The zero-order valence-corrected chi connectivity index (χ0v) is 23.9. The highest BCUT2D eigenvalue weighted by Crippen LogP contribution is 2.24. The van der Waals surface area contributed by atoms with Crippen LogP contribution in [0.1, 0.15) is 46.1 Å². The lowest BCUT2D eigenvalue weighted by atomic mass is 10.1. The molecule has 38 heavy (non-hydrogen) atoms. The van der Waals surface area contributed by atoms with Gasteiger partial charge in [-0.1, -0.05) is 61.7 Å². The fourth-order valence-corrected chi connectivity index (χ4v) is 3.60. The molecule has 3 heteroatoms. The van der Waals surface area contributed by atoms with Gasteiger partial charge in [0.05, 0.1) is 5.76 Å². The first kappa shape index (κ1) is 32.0. The third-order valence-corrected chi connectivity index (χ3v) is 5.44. The second-order valence-electron chi connectivity index (χ2n) is 8.74. The summed E-state index contributed by atoms with van der Waals surface area (Å²) in [5, 5.41) is 0. The van der Waals surface area contributed by atoms with E-state index in [1.54, 1.807) is 12.2 Å². The molecule has 1 atom stereocenters. The molecule has 202 valence electrons. The molecule has 0 aliphatic rings. The Bertz CT molecular complexity index is 1110. The van der Waals surface area contributed by atoms with E-state index in [1.165, 1.54) is 5.56 Å². The van der Waals surface area contributed by atoms with E-state index in [4.69, 9.17) is 9.47 Å². The predicted octanol–water partition coefficient (Wildman–Crippen LogP) is 9.83. The van der Waals surface area contributed by atoms with Crippen molar-refractivity contribution in [3.63, 3.8) is 0 Å². The standard InChI is InChI=1S/C35H45NO2/c1-9-13-15-21-30(6)36(33-23-17-20-29(5)28-33)31(7)25-26-34(12-4)37-27-18-24-35(19-11-3)38-32(8)22-16-14-10-2/h9-13,15,17-26,28,30H,2-4,14,16,27H2,1,5-8H3/b13-9-,21-15-,24-18-,31-25+,32-22+,34-26+,35-19+. The molecule has 0 aliphatic heterocycles. The molecule has 1 aromatic carbocycles. The van der Waals surface area contributed by atoms with Crippen LogP contribution >= 0.6 is 0 Å². The van der Waals surface area contributed by atoms with Gasteiger partial charge in [-0.2, -0.15) is 0 Å². The molecule has 1 unspecified atom stereocenters. The molecule has 0 radical (unpaired) electrons. The summed E-state index contributed by atoms with van der Waals surface area (Å²) in [6, 6.07) is 8.70. The third-order valence-electron chi connectivity index (χ3n) is 5.44. The Morgan fingerprint density at radius 3 is 2.47 bits per heavy atom. The number of allylic oxidation sites excluding steroid dienone is 13. The highest BCUT2D eigenvalue weighted by Gasteiger charge is 2.14. The lowest BCUT2D eigenvalue weighted by Gasteiger charge is -2.30. The number of unbranched alkanes of at least 4 members (excludes halogenated alkanes) is 1. The zero-order valence-electron chi connectivity index (χ0n) is 23.9. The lowest BCUT2D eigenvalue weighted by molar-refractivity contribution is 0.260. The first-order valence-electron chi connectivity index (χ1n) is 13.1. The maximum atomic E-state index is 5.93. The van der Waals surface area contributed by atoms with E-state index in [1.807, 2.05) is 62.5 Å². The van der Waals surface area contributed by atoms with Crippen molar-refractivity contribution in [1.29, 1.82) is 0 Å². The summed E-state index contributed by atoms with van der Waals surface area (Å²) in [5.74, 6) is 2.22. The van der Waals surface area contributed by atoms with Gasteiger partial charge < -0.3 is 14.4 Å². The largest absolute Gasteiger partial charge is 0.490 e. The summed E-state index contributed by atoms with van der Waals surface area (Å²) in [7, 11) is 0. The third kappa shape index (κ3) is 12.8. The van der Waals surface area contributed by atoms with Gasteiger partial charge in [-0.15, -0.1) is 6.58 Å². The van der Waals surface area contributed by atoms with E-state index in [2.05, 4.69) is 87.9 Å². The number of rotatable bonds is 17. The maximum Gasteiger partial charge on any atom is 0.126 e. The summed E-state index contributed by atoms with van der Waals surface area (Å²) < 4.78 is 11.8. The molecule has 0 aliphatic carbocycles. The molecule has 0 saturated heterocycles. The fourth-order valence-electron chi connectivity index (χ4n) is 3.60. The molecular weight excluding hydrogens is 466 g/mol. The molecule has 0 amide bonds. The van der Waals surface area contributed by atoms with Crippen LogP contribution in [0.5, 0.6) is 0 Å². The Labute approximate surface area is 231 Å². The predicted molar refractivity (Wildman–Crippen MR) is 167 cm³/mol. The summed E-state index contributed by atoms with van der Waals surface area (Å²) >= 11 is 0. The van der Waals surface area contributed by atoms with Crippen molar-refractivity contribution in [2.45, 2.75) is 53.5 Å². The average Bonchev–Trinajstić information content (AvgIpc) is 2.89. The Morgan fingerprint density at radius 1 is 1.03 bits per heavy atom. The van der Waals surface area contributed by atoms with Crippen LogP contribution in [0.15, 0.2) is 146 Å². The Balaban J connectivity index is 2.99. The quantitative estimate of drug-likeness (QED) is 0.0899. The van der Waals surface area contributed by atoms with E-state index >= 15 is 0 Å². The van der Waals surface area contributed by atoms with Gasteiger partial charge in [-0.05, 0) is 108 Å². The highest BCUT2D eigenvalue weighted by molar-refractivity contribution is 5.55. The van der Waals surface area contributed by atoms with Crippen LogP contribution in [-0.4, -0.2) is 12.6 Å². The molecule has 0 heterocycles. The first-order chi connectivity index (χ1) is 18.4. The van der Waals surface area contributed by atoms with Crippen molar-refractivity contribution < 1.29 is 9.47 Å². The minimum Gasteiger partial charge on any atom is -0.490 e. The molecule has 0 N–H and O–H groups in total. The minimum absolute atomic E-state index is 0.165. The second kappa shape index (κ2) is 19.2. The summed E-state index contributed by atoms with van der Waals surface area (Å²) in [5.41, 5.74) is 3.46. The van der Waals surface area contributed by atoms with Gasteiger partial charge in [0.25, 0.3) is 0 Å². The van der Waals surface area contributed by atoms with E-state index in [-0.39, 0.29) is 6.04 Å². The Morgan fingerprint density at radius 2 is 1.82 bits per heavy atom. The highest BCUT2D eigenvalue weighted by atomic mass is 16.5. The molecule has 0 aromatic heterocycles. The van der Waals surface area contributed by atoms with Crippen LogP contribution in [0.25, 0.3) is 0 Å². The number of benzene rings is 1. The van der Waals surface area contributed by atoms with Gasteiger partial charge in [0, 0.05) is 17.4 Å². The van der Waals surface area contributed by atoms with Gasteiger partial charge in [-0.25, -0.2) is 0 Å². The van der Waals surface area contributed by atoms with Gasteiger partial charge in [0.15, 0.2) is 0 Å². The Kier molecular flexibility index (Phi) is 16.2. The Hall–Kier alpha value is -3.98. The van der Waals surface area contributed by atoms with Crippen molar-refractivity contribution >= 4 is 5.69 Å². The lowest BCUT2D eigenvalue weighted by Crippen LogP contribution is -2.29. The van der Waals surface area contributed by atoms with Crippen LogP contribution in [0.3, 0.4) is 0 Å². The molecule has 0 saturated carbocycles. The van der Waals surface area contributed by atoms with E-state index in [9.17, 15) is 0 Å². The second-order valence-corrected chi connectivity index (χ2v) is 8.74. The topological polar surface area (TPSA) is 21.7 Å². The fraction of sp³-hybridized carbons (Fsp3) is 0.257. The van der Waals surface area contributed by atoms with Crippen LogP contribution < -0.4 is 4.90 Å². The average molecular weight is 512 g/mol. The van der Waals surface area contributed by atoms with Gasteiger partial charge in [0.2, 0.25) is 0 Å². The van der Waals surface area contributed by atoms with Gasteiger partial charge in [-0.3, -0.25) is 0 Å². The van der Waals surface area contributed by atoms with Crippen molar-refractivity contribution in [1.82, 2.24) is 0 Å². The molecular formula is C35H45NO2. The number of aryl methyl sites for hydroxylation is 1. The molecule has 0 fully saturated rings. The van der Waals surface area contributed by atoms with Crippen molar-refractivity contribution in [2.24, 2.45) is 0 Å². The minimum atomic E-state index is 0.165. The van der Waals surface area contributed by atoms with Gasteiger partial charge in [0.1, 0.15) is 18.1 Å². The molecule has 0 spiro atoms. The zero-order chi connectivity index (χ0) is 28.2. The maximum absolute atomic E-state index is 5.93. The molecule has 1 rings (SSSR count). The van der Waals surface area contributed by atoms with E-state index < -0.39 is 0 Å². The number of hydrogen-bond acceptors (Lipinski definition) is 3.